The van der Waals surface area contributed by atoms with Crippen molar-refractivity contribution in [2.75, 3.05) is 13.6 Å². The molecule has 0 bridgehead atoms. The number of halogens is 2. The van der Waals surface area contributed by atoms with E-state index in [0.29, 0.717) is 0 Å². The van der Waals surface area contributed by atoms with Crippen LogP contribution in [0.3, 0.4) is 0 Å². The van der Waals surface area contributed by atoms with Gasteiger partial charge in [0.15, 0.2) is 0 Å². The van der Waals surface area contributed by atoms with E-state index in [9.17, 15) is 4.39 Å². The summed E-state index contributed by atoms with van der Waals surface area (Å²) in [5.41, 5.74) is 2.04. The SMILES string of the molecule is CNC/C=C(/C)c1ccc(F)c(Cl)c1. The lowest BCUT2D eigenvalue weighted by molar-refractivity contribution is 0.628. The van der Waals surface area contributed by atoms with E-state index in [2.05, 4.69) is 5.32 Å². The second kappa shape index (κ2) is 5.13. The van der Waals surface area contributed by atoms with Crippen molar-refractivity contribution in [3.05, 3.63) is 40.7 Å². The van der Waals surface area contributed by atoms with E-state index in [0.717, 1.165) is 17.7 Å². The average Bonchev–Trinajstić information content (AvgIpc) is 2.18. The maximum atomic E-state index is 12.9. The van der Waals surface area contributed by atoms with Gasteiger partial charge in [-0.2, -0.15) is 0 Å². The summed E-state index contributed by atoms with van der Waals surface area (Å²) in [6, 6.07) is 4.75. The van der Waals surface area contributed by atoms with Crippen LogP contribution in [0.5, 0.6) is 0 Å². The fourth-order valence-electron chi connectivity index (χ4n) is 1.11. The number of rotatable bonds is 3. The van der Waals surface area contributed by atoms with Gasteiger partial charge in [-0.25, -0.2) is 4.39 Å². The summed E-state index contributed by atoms with van der Waals surface area (Å²) in [7, 11) is 1.88. The van der Waals surface area contributed by atoms with Gasteiger partial charge < -0.3 is 5.32 Å². The normalized spacial score (nSPS) is 11.9. The molecule has 1 rings (SSSR count). The van der Waals surface area contributed by atoms with E-state index in [-0.39, 0.29) is 10.8 Å². The summed E-state index contributed by atoms with van der Waals surface area (Å²) in [4.78, 5) is 0. The molecular weight excluding hydrogens is 201 g/mol. The molecule has 0 fully saturated rings. The Hall–Kier alpha value is -0.860. The molecule has 0 atom stereocenters. The van der Waals surface area contributed by atoms with Crippen molar-refractivity contribution in [3.8, 4) is 0 Å². The average molecular weight is 214 g/mol. The molecule has 14 heavy (non-hydrogen) atoms. The Kier molecular flexibility index (Phi) is 4.11. The van der Waals surface area contributed by atoms with E-state index in [1.54, 1.807) is 12.1 Å². The van der Waals surface area contributed by atoms with Gasteiger partial charge in [-0.15, -0.1) is 0 Å². The highest BCUT2D eigenvalue weighted by molar-refractivity contribution is 6.30. The van der Waals surface area contributed by atoms with Gasteiger partial charge in [0.1, 0.15) is 5.82 Å². The van der Waals surface area contributed by atoms with Crippen molar-refractivity contribution in [1.29, 1.82) is 0 Å². The number of likely N-dealkylation sites (N-methyl/N-ethyl adjacent to an activating group) is 1. The van der Waals surface area contributed by atoms with E-state index in [4.69, 9.17) is 11.6 Å². The van der Waals surface area contributed by atoms with Gasteiger partial charge in [-0.1, -0.05) is 23.7 Å². The van der Waals surface area contributed by atoms with Crippen molar-refractivity contribution >= 4 is 17.2 Å². The van der Waals surface area contributed by atoms with Crippen molar-refractivity contribution in [3.63, 3.8) is 0 Å². The highest BCUT2D eigenvalue weighted by atomic mass is 35.5. The molecule has 0 radical (unpaired) electrons. The smallest absolute Gasteiger partial charge is 0.141 e. The van der Waals surface area contributed by atoms with Crippen LogP contribution in [0.2, 0.25) is 5.02 Å². The number of nitrogens with one attached hydrogen (secondary N) is 1. The first-order chi connectivity index (χ1) is 6.65. The summed E-state index contributed by atoms with van der Waals surface area (Å²) in [5.74, 6) is -0.378. The lowest BCUT2D eigenvalue weighted by Crippen LogP contribution is -2.04. The Labute approximate surface area is 88.6 Å². The maximum Gasteiger partial charge on any atom is 0.141 e. The molecule has 76 valence electrons. The van der Waals surface area contributed by atoms with Gasteiger partial charge in [0, 0.05) is 6.54 Å². The zero-order valence-corrected chi connectivity index (χ0v) is 9.03. The van der Waals surface area contributed by atoms with Crippen LogP contribution in [-0.2, 0) is 0 Å². The summed E-state index contributed by atoms with van der Waals surface area (Å²) in [6.07, 6.45) is 2.03. The molecule has 3 heteroatoms. The Morgan fingerprint density at radius 3 is 2.86 bits per heavy atom. The minimum Gasteiger partial charge on any atom is -0.316 e. The van der Waals surface area contributed by atoms with Gasteiger partial charge in [0.05, 0.1) is 5.02 Å². The quantitative estimate of drug-likeness (QED) is 0.814. The molecule has 0 saturated carbocycles. The second-order valence-electron chi connectivity index (χ2n) is 3.07. The van der Waals surface area contributed by atoms with Gasteiger partial charge >= 0.3 is 0 Å². The van der Waals surface area contributed by atoms with Crippen molar-refractivity contribution < 1.29 is 4.39 Å². The van der Waals surface area contributed by atoms with Crippen LogP contribution in [0.4, 0.5) is 4.39 Å². The highest BCUT2D eigenvalue weighted by Gasteiger charge is 2.01. The first kappa shape index (κ1) is 11.2. The number of allylic oxidation sites excluding steroid dienone is 1. The van der Waals surface area contributed by atoms with Crippen LogP contribution in [0.1, 0.15) is 12.5 Å². The summed E-state index contributed by atoms with van der Waals surface area (Å²) < 4.78 is 12.9. The van der Waals surface area contributed by atoms with Crippen molar-refractivity contribution in [2.24, 2.45) is 0 Å². The Morgan fingerprint density at radius 2 is 2.29 bits per heavy atom. The predicted octanol–water partition coefficient (Wildman–Crippen LogP) is 3.10. The number of hydrogen-bond donors (Lipinski definition) is 1. The van der Waals surface area contributed by atoms with Crippen molar-refractivity contribution in [1.82, 2.24) is 5.32 Å². The fourth-order valence-corrected chi connectivity index (χ4v) is 1.29. The number of hydrogen-bond acceptors (Lipinski definition) is 1. The monoisotopic (exact) mass is 213 g/mol. The molecule has 0 aromatic heterocycles. The minimum absolute atomic E-state index is 0.166. The second-order valence-corrected chi connectivity index (χ2v) is 3.48. The first-order valence-electron chi connectivity index (χ1n) is 4.42. The van der Waals surface area contributed by atoms with E-state index < -0.39 is 0 Å². The lowest BCUT2D eigenvalue weighted by atomic mass is 10.1. The number of benzene rings is 1. The molecule has 1 aromatic carbocycles. The first-order valence-corrected chi connectivity index (χ1v) is 4.79. The molecule has 0 aliphatic carbocycles. The molecule has 1 N–H and O–H groups in total. The van der Waals surface area contributed by atoms with Crippen LogP contribution < -0.4 is 5.32 Å². The summed E-state index contributed by atoms with van der Waals surface area (Å²) >= 11 is 5.67. The third-order valence-corrected chi connectivity index (χ3v) is 2.28. The van der Waals surface area contributed by atoms with Gasteiger partial charge in [0.25, 0.3) is 0 Å². The van der Waals surface area contributed by atoms with Crippen LogP contribution >= 0.6 is 11.6 Å². The van der Waals surface area contributed by atoms with Gasteiger partial charge in [-0.05, 0) is 37.2 Å². The van der Waals surface area contributed by atoms with E-state index in [1.165, 1.54) is 6.07 Å². The predicted molar refractivity (Wildman–Crippen MR) is 59.0 cm³/mol. The van der Waals surface area contributed by atoms with Crippen molar-refractivity contribution in [2.45, 2.75) is 6.92 Å². The lowest BCUT2D eigenvalue weighted by Gasteiger charge is -2.03. The minimum atomic E-state index is -0.378. The van der Waals surface area contributed by atoms with E-state index in [1.807, 2.05) is 20.0 Å². The van der Waals surface area contributed by atoms with Crippen LogP contribution in [-0.4, -0.2) is 13.6 Å². The topological polar surface area (TPSA) is 12.0 Å². The van der Waals surface area contributed by atoms with E-state index >= 15 is 0 Å². The van der Waals surface area contributed by atoms with Crippen LogP contribution in [0, 0.1) is 5.82 Å². The third-order valence-electron chi connectivity index (χ3n) is 1.99. The molecule has 0 amide bonds. The molecule has 0 heterocycles. The Bertz CT molecular complexity index is 347. The highest BCUT2D eigenvalue weighted by Crippen LogP contribution is 2.20. The standard InChI is InChI=1S/C11H13ClFN/c1-8(5-6-14-2)9-3-4-11(13)10(12)7-9/h3-5,7,14H,6H2,1-2H3/b8-5-. The Balaban J connectivity index is 2.91. The molecule has 0 aliphatic heterocycles. The molecule has 0 spiro atoms. The summed E-state index contributed by atoms with van der Waals surface area (Å²) in [6.45, 7) is 2.77. The third kappa shape index (κ3) is 2.82. The van der Waals surface area contributed by atoms with Gasteiger partial charge in [0.2, 0.25) is 0 Å². The zero-order valence-electron chi connectivity index (χ0n) is 8.27. The summed E-state index contributed by atoms with van der Waals surface area (Å²) in [5, 5.41) is 3.18. The van der Waals surface area contributed by atoms with Crippen LogP contribution in [0.15, 0.2) is 24.3 Å². The largest absolute Gasteiger partial charge is 0.316 e. The Morgan fingerprint density at radius 1 is 1.57 bits per heavy atom. The zero-order chi connectivity index (χ0) is 10.6. The molecule has 0 unspecified atom stereocenters. The van der Waals surface area contributed by atoms with Gasteiger partial charge in [-0.3, -0.25) is 0 Å². The fraction of sp³-hybridized carbons (Fsp3) is 0.273. The maximum absolute atomic E-state index is 12.9. The molecule has 1 nitrogen and oxygen atoms in total. The molecule has 0 aliphatic rings. The molecular formula is C11H13ClFN. The van der Waals surface area contributed by atoms with Crippen LogP contribution in [0.25, 0.3) is 5.57 Å². The molecule has 1 aromatic rings. The molecule has 0 saturated heterocycles.